The fourth-order valence-corrected chi connectivity index (χ4v) is 3.17. The van der Waals surface area contributed by atoms with Crippen LogP contribution < -0.4 is 4.57 Å². The van der Waals surface area contributed by atoms with E-state index in [1.165, 1.54) is 75.5 Å². The van der Waals surface area contributed by atoms with E-state index in [-0.39, 0.29) is 0 Å². The molecule has 120 valence electrons. The molecule has 0 N–H and O–H groups in total. The van der Waals surface area contributed by atoms with Crippen LogP contribution in [0.25, 0.3) is 11.3 Å². The average Bonchev–Trinajstić information content (AvgIpc) is 2.76. The van der Waals surface area contributed by atoms with Crippen LogP contribution in [0.1, 0.15) is 71.1 Å². The van der Waals surface area contributed by atoms with Gasteiger partial charge in [0.1, 0.15) is 6.54 Å². The van der Waals surface area contributed by atoms with E-state index in [1.807, 2.05) is 0 Å². The van der Waals surface area contributed by atoms with E-state index >= 15 is 0 Å². The molecule has 0 amide bonds. The highest BCUT2D eigenvalue weighted by Gasteiger charge is 2.14. The van der Waals surface area contributed by atoms with Gasteiger partial charge in [0.25, 0.3) is 0 Å². The van der Waals surface area contributed by atoms with Crippen molar-refractivity contribution >= 4 is 0 Å². The molecule has 0 bridgehead atoms. The highest BCUT2D eigenvalue weighted by Crippen LogP contribution is 2.16. The standard InChI is InChI=1S/C21H32N/c1-2-3-4-5-6-7-8-9-10-14-18-22-19-17-20-15-12-11-13-16-21(20)22/h11-13,15-17,19H,2-10,14,18H2,1H3/q+1. The number of fused-ring (bicyclic) bond motifs is 1. The number of unbranched alkanes of at least 4 members (excludes halogenated alkanes) is 9. The number of hydrogen-bond acceptors (Lipinski definition) is 0. The second-order valence-electron chi connectivity index (χ2n) is 6.44. The van der Waals surface area contributed by atoms with Crippen LogP contribution in [0.2, 0.25) is 0 Å². The molecule has 0 aromatic rings. The van der Waals surface area contributed by atoms with Crippen LogP contribution in [0.5, 0.6) is 0 Å². The molecule has 0 unspecified atom stereocenters. The van der Waals surface area contributed by atoms with E-state index in [0.29, 0.717) is 0 Å². The molecule has 1 nitrogen and oxygen atoms in total. The quantitative estimate of drug-likeness (QED) is 0.354. The largest absolute Gasteiger partial charge is 0.212 e. The maximum absolute atomic E-state index is 2.40. The number of nitrogens with zero attached hydrogens (tertiary/aromatic N) is 1. The van der Waals surface area contributed by atoms with Gasteiger partial charge in [-0.3, -0.25) is 0 Å². The highest BCUT2D eigenvalue weighted by atomic mass is 15.0. The molecule has 1 aliphatic heterocycles. The van der Waals surface area contributed by atoms with Crippen molar-refractivity contribution in [3.05, 3.63) is 42.6 Å². The summed E-state index contributed by atoms with van der Waals surface area (Å²) in [7, 11) is 0. The molecule has 0 radical (unpaired) electrons. The van der Waals surface area contributed by atoms with E-state index < -0.39 is 0 Å². The summed E-state index contributed by atoms with van der Waals surface area (Å²) in [4.78, 5) is 0. The van der Waals surface area contributed by atoms with Crippen molar-refractivity contribution in [2.45, 2.75) is 77.7 Å². The first kappa shape index (κ1) is 17.0. The van der Waals surface area contributed by atoms with Crippen LogP contribution in [0.3, 0.4) is 0 Å². The molecule has 0 aromatic heterocycles. The van der Waals surface area contributed by atoms with Crippen LogP contribution in [-0.4, -0.2) is 0 Å². The topological polar surface area (TPSA) is 3.88 Å². The van der Waals surface area contributed by atoms with Gasteiger partial charge < -0.3 is 0 Å². The van der Waals surface area contributed by atoms with Gasteiger partial charge in [0.15, 0.2) is 6.20 Å². The zero-order chi connectivity index (χ0) is 15.5. The molecule has 1 heterocycles. The van der Waals surface area contributed by atoms with Gasteiger partial charge >= 0.3 is 0 Å². The van der Waals surface area contributed by atoms with Crippen molar-refractivity contribution in [3.8, 4) is 11.3 Å². The predicted molar refractivity (Wildman–Crippen MR) is 95.1 cm³/mol. The second kappa shape index (κ2) is 10.4. The summed E-state index contributed by atoms with van der Waals surface area (Å²) in [6.45, 7) is 3.44. The summed E-state index contributed by atoms with van der Waals surface area (Å²) in [5.74, 6) is 0. The Morgan fingerprint density at radius 1 is 0.682 bits per heavy atom. The number of hydrogen-bond donors (Lipinski definition) is 0. The van der Waals surface area contributed by atoms with Crippen molar-refractivity contribution in [2.75, 3.05) is 0 Å². The monoisotopic (exact) mass is 298 g/mol. The first-order valence-electron chi connectivity index (χ1n) is 9.29. The maximum Gasteiger partial charge on any atom is 0.212 e. The lowest BCUT2D eigenvalue weighted by Crippen LogP contribution is -2.32. The lowest BCUT2D eigenvalue weighted by Gasteiger charge is -2.01. The zero-order valence-electron chi connectivity index (χ0n) is 14.3. The van der Waals surface area contributed by atoms with Crippen molar-refractivity contribution in [1.29, 1.82) is 0 Å². The summed E-state index contributed by atoms with van der Waals surface area (Å²) < 4.78 is 2.40. The average molecular weight is 298 g/mol. The summed E-state index contributed by atoms with van der Waals surface area (Å²) in [6.07, 6.45) is 16.3. The fourth-order valence-electron chi connectivity index (χ4n) is 3.17. The van der Waals surface area contributed by atoms with Gasteiger partial charge in [-0.15, -0.1) is 0 Å². The lowest BCUT2D eigenvalue weighted by molar-refractivity contribution is -0.683. The molecule has 0 atom stereocenters. The Labute approximate surface area is 136 Å². The van der Waals surface area contributed by atoms with Crippen molar-refractivity contribution in [2.24, 2.45) is 0 Å². The Morgan fingerprint density at radius 2 is 1.32 bits per heavy atom. The molecule has 22 heavy (non-hydrogen) atoms. The summed E-state index contributed by atoms with van der Waals surface area (Å²) >= 11 is 0. The Kier molecular flexibility index (Phi) is 8.01. The molecule has 0 saturated heterocycles. The van der Waals surface area contributed by atoms with Gasteiger partial charge in [-0.1, -0.05) is 76.5 Å². The second-order valence-corrected chi connectivity index (χ2v) is 6.44. The van der Waals surface area contributed by atoms with Crippen molar-refractivity contribution in [1.82, 2.24) is 0 Å². The van der Waals surface area contributed by atoms with Gasteiger partial charge in [-0.05, 0) is 12.5 Å². The first-order valence-corrected chi connectivity index (χ1v) is 9.29. The predicted octanol–water partition coefficient (Wildman–Crippen LogP) is 6.00. The number of rotatable bonds is 11. The van der Waals surface area contributed by atoms with Gasteiger partial charge in [-0.25, -0.2) is 0 Å². The van der Waals surface area contributed by atoms with Crippen LogP contribution >= 0.6 is 0 Å². The van der Waals surface area contributed by atoms with E-state index in [9.17, 15) is 0 Å². The Morgan fingerprint density at radius 3 is 2.05 bits per heavy atom. The lowest BCUT2D eigenvalue weighted by atomic mass is 10.1. The smallest absolute Gasteiger partial charge is 0.198 e. The minimum atomic E-state index is 1.16. The van der Waals surface area contributed by atoms with Crippen LogP contribution in [0, 0.1) is 0 Å². The maximum atomic E-state index is 2.40. The molecule has 2 rings (SSSR count). The molecule has 1 aliphatic carbocycles. The van der Waals surface area contributed by atoms with Crippen molar-refractivity contribution < 1.29 is 4.57 Å². The Hall–Kier alpha value is -1.37. The molecule has 0 spiro atoms. The van der Waals surface area contributed by atoms with E-state index in [2.05, 4.69) is 54.1 Å². The van der Waals surface area contributed by atoms with Crippen LogP contribution in [0.4, 0.5) is 0 Å². The van der Waals surface area contributed by atoms with E-state index in [4.69, 9.17) is 0 Å². The van der Waals surface area contributed by atoms with Gasteiger partial charge in [-0.2, -0.15) is 4.57 Å². The minimum absolute atomic E-state index is 1.16. The third-order valence-electron chi connectivity index (χ3n) is 4.54. The molecule has 0 saturated carbocycles. The van der Waals surface area contributed by atoms with Gasteiger partial charge in [0.05, 0.1) is 5.56 Å². The Balaban J connectivity index is 1.56. The summed E-state index contributed by atoms with van der Waals surface area (Å²) in [6, 6.07) is 13.0. The molecule has 0 aromatic carbocycles. The van der Waals surface area contributed by atoms with Crippen LogP contribution in [-0.2, 0) is 6.54 Å². The van der Waals surface area contributed by atoms with E-state index in [0.717, 1.165) is 6.54 Å². The number of aromatic nitrogens is 1. The van der Waals surface area contributed by atoms with Crippen molar-refractivity contribution in [3.63, 3.8) is 0 Å². The van der Waals surface area contributed by atoms with Gasteiger partial charge in [0.2, 0.25) is 5.69 Å². The summed E-state index contributed by atoms with van der Waals surface area (Å²) in [5.41, 5.74) is 2.71. The first-order chi connectivity index (χ1) is 10.9. The highest BCUT2D eigenvalue weighted by molar-refractivity contribution is 5.56. The normalized spacial score (nSPS) is 11.1. The fraction of sp³-hybridized carbons (Fsp3) is 0.571. The third kappa shape index (κ3) is 5.79. The van der Waals surface area contributed by atoms with E-state index in [1.54, 1.807) is 0 Å². The van der Waals surface area contributed by atoms with Crippen LogP contribution in [0.15, 0.2) is 42.6 Å². The third-order valence-corrected chi connectivity index (χ3v) is 4.54. The minimum Gasteiger partial charge on any atom is -0.198 e. The molecular formula is C21H32N+. The molecule has 1 heteroatoms. The SMILES string of the molecule is CCCCCCCCCCCC[n+]1ccc2cccccc1-2. The Bertz CT molecular complexity index is 491. The molecule has 0 fully saturated rings. The number of aryl methyl sites for hydroxylation is 1. The molecule has 2 aliphatic rings. The van der Waals surface area contributed by atoms with Gasteiger partial charge in [0, 0.05) is 18.6 Å². The molecular weight excluding hydrogens is 266 g/mol. The zero-order valence-corrected chi connectivity index (χ0v) is 14.3. The summed E-state index contributed by atoms with van der Waals surface area (Å²) in [5, 5.41) is 0.